The molecule has 0 bridgehead atoms. The van der Waals surface area contributed by atoms with Crippen molar-refractivity contribution in [3.63, 3.8) is 0 Å². The summed E-state index contributed by atoms with van der Waals surface area (Å²) in [5.41, 5.74) is -0.0396. The van der Waals surface area contributed by atoms with Gasteiger partial charge in [-0.2, -0.15) is 0 Å². The zero-order valence-corrected chi connectivity index (χ0v) is 14.6. The smallest absolute Gasteiger partial charge is 0.326 e. The standard InChI is InChI=1S/C16H14BrFN2O5/c1-9(15(22)20-12-5-4-10(17)7-11(12)18)25-14(21)8-19-16(23)13-3-2-6-24-13/h2-7,9H,8H2,1H3,(H,19,23)(H,20,22). The topological polar surface area (TPSA) is 97.6 Å². The van der Waals surface area contributed by atoms with Crippen LogP contribution in [-0.4, -0.2) is 30.4 Å². The number of esters is 1. The van der Waals surface area contributed by atoms with Crippen LogP contribution in [0.5, 0.6) is 0 Å². The normalized spacial score (nSPS) is 11.5. The van der Waals surface area contributed by atoms with Gasteiger partial charge in [0.1, 0.15) is 12.4 Å². The molecule has 9 heteroatoms. The summed E-state index contributed by atoms with van der Waals surface area (Å²) in [5.74, 6) is -2.70. The number of halogens is 2. The molecular weight excluding hydrogens is 399 g/mol. The van der Waals surface area contributed by atoms with Gasteiger partial charge < -0.3 is 19.8 Å². The molecule has 2 rings (SSSR count). The Hall–Kier alpha value is -2.68. The number of carbonyl (C=O) groups is 3. The number of rotatable bonds is 6. The first kappa shape index (κ1) is 18.7. The Morgan fingerprint density at radius 1 is 1.32 bits per heavy atom. The monoisotopic (exact) mass is 412 g/mol. The van der Waals surface area contributed by atoms with E-state index in [1.165, 1.54) is 37.5 Å². The lowest BCUT2D eigenvalue weighted by Gasteiger charge is -2.14. The van der Waals surface area contributed by atoms with Crippen molar-refractivity contribution in [2.45, 2.75) is 13.0 Å². The second kappa shape index (κ2) is 8.43. The lowest BCUT2D eigenvalue weighted by Crippen LogP contribution is -2.35. The predicted octanol–water partition coefficient (Wildman–Crippen LogP) is 2.48. The maximum Gasteiger partial charge on any atom is 0.326 e. The van der Waals surface area contributed by atoms with Gasteiger partial charge >= 0.3 is 5.97 Å². The second-order valence-corrected chi connectivity index (χ2v) is 5.82. The van der Waals surface area contributed by atoms with E-state index >= 15 is 0 Å². The molecule has 0 radical (unpaired) electrons. The number of amides is 2. The Bertz CT molecular complexity index is 779. The molecule has 2 N–H and O–H groups in total. The molecule has 0 aliphatic rings. The Morgan fingerprint density at radius 3 is 2.72 bits per heavy atom. The summed E-state index contributed by atoms with van der Waals surface area (Å²) >= 11 is 3.10. The van der Waals surface area contributed by atoms with E-state index < -0.39 is 36.2 Å². The summed E-state index contributed by atoms with van der Waals surface area (Å²) < 4.78 is 23.9. The fourth-order valence-corrected chi connectivity index (χ4v) is 2.10. The molecule has 132 valence electrons. The van der Waals surface area contributed by atoms with Gasteiger partial charge in [0.05, 0.1) is 12.0 Å². The Morgan fingerprint density at radius 2 is 2.08 bits per heavy atom. The molecule has 1 aromatic carbocycles. The molecule has 1 atom stereocenters. The quantitative estimate of drug-likeness (QED) is 0.710. The second-order valence-electron chi connectivity index (χ2n) is 4.91. The third-order valence-electron chi connectivity index (χ3n) is 3.00. The zero-order chi connectivity index (χ0) is 18.4. The molecule has 7 nitrogen and oxygen atoms in total. The average Bonchev–Trinajstić information content (AvgIpc) is 3.09. The molecule has 0 fully saturated rings. The molecule has 0 aliphatic heterocycles. The van der Waals surface area contributed by atoms with Gasteiger partial charge in [-0.3, -0.25) is 14.4 Å². The first-order valence-electron chi connectivity index (χ1n) is 7.14. The number of furan rings is 1. The highest BCUT2D eigenvalue weighted by molar-refractivity contribution is 9.10. The summed E-state index contributed by atoms with van der Waals surface area (Å²) in [5, 5.41) is 4.61. The minimum absolute atomic E-state index is 0.0396. The van der Waals surface area contributed by atoms with Crippen LogP contribution in [0.15, 0.2) is 45.5 Å². The zero-order valence-electron chi connectivity index (χ0n) is 13.0. The number of hydrogen-bond acceptors (Lipinski definition) is 5. The highest BCUT2D eigenvalue weighted by Gasteiger charge is 2.20. The fraction of sp³-hybridized carbons (Fsp3) is 0.188. The number of ether oxygens (including phenoxy) is 1. The van der Waals surface area contributed by atoms with E-state index in [9.17, 15) is 18.8 Å². The Kier molecular flexibility index (Phi) is 6.29. The number of carbonyl (C=O) groups excluding carboxylic acids is 3. The van der Waals surface area contributed by atoms with E-state index in [0.717, 1.165) is 0 Å². The van der Waals surface area contributed by atoms with E-state index in [0.29, 0.717) is 4.47 Å². The van der Waals surface area contributed by atoms with Crippen LogP contribution in [0.25, 0.3) is 0 Å². The van der Waals surface area contributed by atoms with Crippen molar-refractivity contribution in [3.05, 3.63) is 52.6 Å². The third kappa shape index (κ3) is 5.42. The van der Waals surface area contributed by atoms with Crippen molar-refractivity contribution in [1.82, 2.24) is 5.32 Å². The van der Waals surface area contributed by atoms with Crippen LogP contribution in [0.4, 0.5) is 10.1 Å². The molecule has 25 heavy (non-hydrogen) atoms. The average molecular weight is 413 g/mol. The van der Waals surface area contributed by atoms with Crippen LogP contribution < -0.4 is 10.6 Å². The van der Waals surface area contributed by atoms with Gasteiger partial charge in [-0.1, -0.05) is 15.9 Å². The van der Waals surface area contributed by atoms with Crippen LogP contribution >= 0.6 is 15.9 Å². The van der Waals surface area contributed by atoms with Gasteiger partial charge in [-0.15, -0.1) is 0 Å². The Balaban J connectivity index is 1.81. The number of anilines is 1. The predicted molar refractivity (Wildman–Crippen MR) is 89.3 cm³/mol. The van der Waals surface area contributed by atoms with Crippen LogP contribution in [0, 0.1) is 5.82 Å². The van der Waals surface area contributed by atoms with Gasteiger partial charge in [0.2, 0.25) is 0 Å². The lowest BCUT2D eigenvalue weighted by atomic mass is 10.3. The van der Waals surface area contributed by atoms with Gasteiger partial charge in [-0.05, 0) is 37.3 Å². The van der Waals surface area contributed by atoms with E-state index in [4.69, 9.17) is 9.15 Å². The maximum absolute atomic E-state index is 13.7. The molecule has 0 aliphatic carbocycles. The number of hydrogen-bond donors (Lipinski definition) is 2. The van der Waals surface area contributed by atoms with Crippen molar-refractivity contribution in [2.24, 2.45) is 0 Å². The first-order chi connectivity index (χ1) is 11.9. The molecular formula is C16H14BrFN2O5. The lowest BCUT2D eigenvalue weighted by molar-refractivity contribution is -0.152. The fourth-order valence-electron chi connectivity index (χ4n) is 1.76. The van der Waals surface area contributed by atoms with Crippen LogP contribution in [0.3, 0.4) is 0 Å². The number of benzene rings is 1. The van der Waals surface area contributed by atoms with Crippen LogP contribution in [0.1, 0.15) is 17.5 Å². The molecule has 2 aromatic rings. The summed E-state index contributed by atoms with van der Waals surface area (Å²) in [6.07, 6.45) is 0.150. The summed E-state index contributed by atoms with van der Waals surface area (Å²) in [7, 11) is 0. The summed E-state index contributed by atoms with van der Waals surface area (Å²) in [4.78, 5) is 35.2. The van der Waals surface area contributed by atoms with E-state index in [-0.39, 0.29) is 11.4 Å². The first-order valence-corrected chi connectivity index (χ1v) is 7.93. The Labute approximate surface area is 150 Å². The van der Waals surface area contributed by atoms with Crippen molar-refractivity contribution in [2.75, 3.05) is 11.9 Å². The molecule has 1 unspecified atom stereocenters. The third-order valence-corrected chi connectivity index (χ3v) is 3.50. The van der Waals surface area contributed by atoms with E-state index in [1.54, 1.807) is 6.07 Å². The summed E-state index contributed by atoms with van der Waals surface area (Å²) in [6.45, 7) is 0.891. The van der Waals surface area contributed by atoms with Crippen molar-refractivity contribution in [3.8, 4) is 0 Å². The molecule has 1 heterocycles. The molecule has 2 amide bonds. The number of nitrogens with one attached hydrogen (secondary N) is 2. The highest BCUT2D eigenvalue weighted by atomic mass is 79.9. The largest absolute Gasteiger partial charge is 0.459 e. The minimum Gasteiger partial charge on any atom is -0.459 e. The highest BCUT2D eigenvalue weighted by Crippen LogP contribution is 2.19. The van der Waals surface area contributed by atoms with Crippen LogP contribution in [-0.2, 0) is 14.3 Å². The SMILES string of the molecule is CC(OC(=O)CNC(=O)c1ccco1)C(=O)Nc1ccc(Br)cc1F. The van der Waals surface area contributed by atoms with Crippen molar-refractivity contribution >= 4 is 39.4 Å². The minimum atomic E-state index is -1.17. The van der Waals surface area contributed by atoms with Gasteiger partial charge in [-0.25, -0.2) is 4.39 Å². The summed E-state index contributed by atoms with van der Waals surface area (Å²) in [6, 6.07) is 7.08. The van der Waals surface area contributed by atoms with E-state index in [1.807, 2.05) is 0 Å². The molecule has 1 aromatic heterocycles. The van der Waals surface area contributed by atoms with Crippen molar-refractivity contribution < 1.29 is 27.9 Å². The van der Waals surface area contributed by atoms with Gasteiger partial charge in [0.15, 0.2) is 11.9 Å². The maximum atomic E-state index is 13.7. The molecule has 0 saturated carbocycles. The molecule has 0 spiro atoms. The molecule has 0 saturated heterocycles. The van der Waals surface area contributed by atoms with Crippen LogP contribution in [0.2, 0.25) is 0 Å². The van der Waals surface area contributed by atoms with Gasteiger partial charge in [0, 0.05) is 4.47 Å². The van der Waals surface area contributed by atoms with Gasteiger partial charge in [0.25, 0.3) is 11.8 Å². The van der Waals surface area contributed by atoms with E-state index in [2.05, 4.69) is 26.6 Å². The van der Waals surface area contributed by atoms with Crippen molar-refractivity contribution in [1.29, 1.82) is 0 Å².